The number of halogens is 2. The maximum absolute atomic E-state index is 13.5. The molecular weight excluding hydrogens is 518 g/mol. The molecule has 4 rings (SSSR count). The normalized spacial score (nSPS) is 15.4. The summed E-state index contributed by atoms with van der Waals surface area (Å²) in [5, 5.41) is 11.1. The number of fused-ring (bicyclic) bond motifs is 1. The second-order valence-corrected chi connectivity index (χ2v) is 9.45. The van der Waals surface area contributed by atoms with Gasteiger partial charge in [-0.3, -0.25) is 9.48 Å². The molecule has 3 aromatic rings. The first-order valence-corrected chi connectivity index (χ1v) is 12.5. The van der Waals surface area contributed by atoms with Crippen LogP contribution >= 0.6 is 0 Å². The minimum atomic E-state index is -3.04. The number of carbonyl (C=O) groups is 1. The summed E-state index contributed by atoms with van der Waals surface area (Å²) in [5.41, 5.74) is 3.69. The summed E-state index contributed by atoms with van der Waals surface area (Å²) in [6, 6.07) is 7.55. The Kier molecular flexibility index (Phi) is 9.02. The van der Waals surface area contributed by atoms with Gasteiger partial charge in [0.15, 0.2) is 0 Å². The number of nitrogens with zero attached hydrogens (tertiary/aromatic N) is 6. The predicted molar refractivity (Wildman–Crippen MR) is 150 cm³/mol. The van der Waals surface area contributed by atoms with Crippen molar-refractivity contribution in [2.75, 3.05) is 39.5 Å². The first-order chi connectivity index (χ1) is 19.1. The highest BCUT2D eigenvalue weighted by molar-refractivity contribution is 5.89. The Bertz CT molecular complexity index is 1480. The molecule has 1 atom stereocenters. The van der Waals surface area contributed by atoms with Crippen molar-refractivity contribution in [1.82, 2.24) is 34.9 Å². The number of aromatic nitrogens is 4. The van der Waals surface area contributed by atoms with E-state index in [1.165, 1.54) is 12.4 Å². The number of amides is 1. The minimum absolute atomic E-state index is 0.249. The van der Waals surface area contributed by atoms with Gasteiger partial charge in [-0.15, -0.1) is 0 Å². The summed E-state index contributed by atoms with van der Waals surface area (Å²) in [7, 11) is 7.62. The Balaban J connectivity index is 1.71. The number of alkyl halides is 2. The quantitative estimate of drug-likeness (QED) is 0.350. The largest absolute Gasteiger partial charge is 0.372 e. The summed E-state index contributed by atoms with van der Waals surface area (Å²) in [4.78, 5) is 24.9. The van der Waals surface area contributed by atoms with E-state index in [1.54, 1.807) is 29.1 Å². The molecule has 2 heterocycles. The lowest BCUT2D eigenvalue weighted by Crippen LogP contribution is -2.31. The molecule has 0 bridgehead atoms. The Morgan fingerprint density at radius 3 is 2.75 bits per heavy atom. The molecule has 1 aliphatic rings. The SMILES string of the molecule is C=CC(=O)NC1=C(N(C)CCN(C)C)C=CC(OC(F)F)C(Nc2cc(-c3ccc4c(cnn4C)c3)ncn2)=C1. The van der Waals surface area contributed by atoms with E-state index in [2.05, 4.69) is 32.3 Å². The van der Waals surface area contributed by atoms with Gasteiger partial charge < -0.3 is 25.2 Å². The van der Waals surface area contributed by atoms with E-state index in [1.807, 2.05) is 56.2 Å². The number of nitrogens with one attached hydrogen (secondary N) is 2. The number of benzene rings is 1. The fraction of sp³-hybridized carbons (Fsp3) is 0.286. The summed E-state index contributed by atoms with van der Waals surface area (Å²) in [5.74, 6) is -0.0848. The molecule has 40 heavy (non-hydrogen) atoms. The third kappa shape index (κ3) is 6.96. The highest BCUT2D eigenvalue weighted by atomic mass is 19.3. The number of allylic oxidation sites excluding steroid dienone is 2. The Morgan fingerprint density at radius 1 is 1.23 bits per heavy atom. The lowest BCUT2D eigenvalue weighted by Gasteiger charge is -2.24. The lowest BCUT2D eigenvalue weighted by molar-refractivity contribution is -0.140. The molecule has 12 heteroatoms. The van der Waals surface area contributed by atoms with Gasteiger partial charge in [-0.2, -0.15) is 13.9 Å². The van der Waals surface area contributed by atoms with E-state index in [0.717, 1.165) is 29.1 Å². The van der Waals surface area contributed by atoms with Crippen LogP contribution in [0.5, 0.6) is 0 Å². The fourth-order valence-corrected chi connectivity index (χ4v) is 4.16. The van der Waals surface area contributed by atoms with Crippen molar-refractivity contribution in [1.29, 1.82) is 0 Å². The standard InChI is InChI=1S/C28H32F2N8O2/c1-6-27(39)35-21-14-22(25(40-28(29)30)10-9-24(21)37(4)12-11-36(2)3)34-26-15-20(31-17-32-26)18-7-8-23-19(13-18)16-33-38(23)5/h6-10,13-17,25,28H,1,11-12H2,2-5H3,(H,35,39)(H,31,32,34). The third-order valence-electron chi connectivity index (χ3n) is 6.28. The molecule has 2 aromatic heterocycles. The van der Waals surface area contributed by atoms with Crippen LogP contribution < -0.4 is 10.6 Å². The zero-order chi connectivity index (χ0) is 28.8. The lowest BCUT2D eigenvalue weighted by atomic mass is 10.1. The summed E-state index contributed by atoms with van der Waals surface area (Å²) < 4.78 is 33.6. The monoisotopic (exact) mass is 550 g/mol. The number of anilines is 1. The number of hydrogen-bond donors (Lipinski definition) is 2. The molecular formula is C28H32F2N8O2. The van der Waals surface area contributed by atoms with Crippen molar-refractivity contribution < 1.29 is 18.3 Å². The van der Waals surface area contributed by atoms with Crippen LogP contribution in [-0.2, 0) is 16.6 Å². The number of hydrogen-bond acceptors (Lipinski definition) is 8. The molecule has 1 aliphatic carbocycles. The van der Waals surface area contributed by atoms with Crippen LogP contribution in [0.4, 0.5) is 14.6 Å². The molecule has 1 unspecified atom stereocenters. The minimum Gasteiger partial charge on any atom is -0.372 e. The van der Waals surface area contributed by atoms with Gasteiger partial charge in [0.2, 0.25) is 5.91 Å². The van der Waals surface area contributed by atoms with E-state index < -0.39 is 18.6 Å². The highest BCUT2D eigenvalue weighted by Crippen LogP contribution is 2.27. The molecule has 0 fully saturated rings. The molecule has 1 amide bonds. The van der Waals surface area contributed by atoms with Crippen LogP contribution in [0, 0.1) is 0 Å². The first kappa shape index (κ1) is 28.6. The van der Waals surface area contributed by atoms with Gasteiger partial charge >= 0.3 is 6.61 Å². The average molecular weight is 551 g/mol. The number of rotatable bonds is 11. The summed E-state index contributed by atoms with van der Waals surface area (Å²) >= 11 is 0. The number of likely N-dealkylation sites (N-methyl/N-ethyl adjacent to an activating group) is 2. The van der Waals surface area contributed by atoms with Gasteiger partial charge in [-0.1, -0.05) is 12.6 Å². The van der Waals surface area contributed by atoms with Crippen molar-refractivity contribution in [2.24, 2.45) is 7.05 Å². The molecule has 0 saturated heterocycles. The third-order valence-corrected chi connectivity index (χ3v) is 6.28. The van der Waals surface area contributed by atoms with Crippen LogP contribution in [0.3, 0.4) is 0 Å². The van der Waals surface area contributed by atoms with Crippen LogP contribution in [0.25, 0.3) is 22.2 Å². The van der Waals surface area contributed by atoms with Gasteiger partial charge in [-0.25, -0.2) is 9.97 Å². The Morgan fingerprint density at radius 2 is 2.02 bits per heavy atom. The highest BCUT2D eigenvalue weighted by Gasteiger charge is 2.23. The molecule has 2 N–H and O–H groups in total. The van der Waals surface area contributed by atoms with Gasteiger partial charge in [0.25, 0.3) is 0 Å². The van der Waals surface area contributed by atoms with Gasteiger partial charge in [-0.05, 0) is 50.5 Å². The summed E-state index contributed by atoms with van der Waals surface area (Å²) in [6.45, 7) is 1.84. The Hall–Kier alpha value is -4.42. The van der Waals surface area contributed by atoms with E-state index in [-0.39, 0.29) is 5.70 Å². The van der Waals surface area contributed by atoms with Crippen molar-refractivity contribution in [3.05, 3.63) is 84.8 Å². The molecule has 10 nitrogen and oxygen atoms in total. The van der Waals surface area contributed by atoms with Crippen LogP contribution in [0.15, 0.2) is 84.8 Å². The number of carbonyl (C=O) groups excluding carboxylic acids is 1. The van der Waals surface area contributed by atoms with Crippen molar-refractivity contribution in [3.63, 3.8) is 0 Å². The van der Waals surface area contributed by atoms with Crippen molar-refractivity contribution in [3.8, 4) is 11.3 Å². The zero-order valence-electron chi connectivity index (χ0n) is 22.8. The molecule has 0 saturated carbocycles. The zero-order valence-corrected chi connectivity index (χ0v) is 22.8. The average Bonchev–Trinajstić information content (AvgIpc) is 3.22. The van der Waals surface area contributed by atoms with Crippen LogP contribution in [0.2, 0.25) is 0 Å². The smallest absolute Gasteiger partial charge is 0.346 e. The van der Waals surface area contributed by atoms with E-state index in [0.29, 0.717) is 29.5 Å². The van der Waals surface area contributed by atoms with Crippen molar-refractivity contribution in [2.45, 2.75) is 12.7 Å². The van der Waals surface area contributed by atoms with Crippen LogP contribution in [0.1, 0.15) is 0 Å². The number of ether oxygens (including phenoxy) is 1. The maximum Gasteiger partial charge on any atom is 0.346 e. The van der Waals surface area contributed by atoms with Crippen LogP contribution in [-0.4, -0.2) is 82.4 Å². The van der Waals surface area contributed by atoms with E-state index in [4.69, 9.17) is 4.74 Å². The van der Waals surface area contributed by atoms with Gasteiger partial charge in [0.1, 0.15) is 18.2 Å². The second kappa shape index (κ2) is 12.6. The molecule has 0 radical (unpaired) electrons. The predicted octanol–water partition coefficient (Wildman–Crippen LogP) is 3.51. The van der Waals surface area contributed by atoms with Gasteiger partial charge in [0, 0.05) is 44.2 Å². The Labute approximate surface area is 231 Å². The molecule has 210 valence electrons. The summed E-state index contributed by atoms with van der Waals surface area (Å²) in [6.07, 6.45) is 7.88. The molecule has 0 spiro atoms. The van der Waals surface area contributed by atoms with E-state index >= 15 is 0 Å². The first-order valence-electron chi connectivity index (χ1n) is 12.5. The van der Waals surface area contributed by atoms with E-state index in [9.17, 15) is 13.6 Å². The molecule has 1 aromatic carbocycles. The second-order valence-electron chi connectivity index (χ2n) is 9.45. The van der Waals surface area contributed by atoms with Gasteiger partial charge in [0.05, 0.1) is 34.5 Å². The topological polar surface area (TPSA) is 100 Å². The molecule has 0 aliphatic heterocycles. The number of aryl methyl sites for hydroxylation is 1. The van der Waals surface area contributed by atoms with Crippen molar-refractivity contribution >= 4 is 22.6 Å². The maximum atomic E-state index is 13.5. The fourth-order valence-electron chi connectivity index (χ4n) is 4.16.